The molecule has 0 aromatic carbocycles. The predicted molar refractivity (Wildman–Crippen MR) is 69.2 cm³/mol. The first-order valence-electron chi connectivity index (χ1n) is 5.80. The maximum Gasteiger partial charge on any atom is 0.253 e. The van der Waals surface area contributed by atoms with Crippen molar-refractivity contribution in [3.05, 3.63) is 29.6 Å². The van der Waals surface area contributed by atoms with Crippen LogP contribution in [-0.4, -0.2) is 28.9 Å². The molecule has 1 aromatic rings. The summed E-state index contributed by atoms with van der Waals surface area (Å²) in [5.41, 5.74) is 0.994. The lowest BCUT2D eigenvalue weighted by atomic mass is 10.1. The van der Waals surface area contributed by atoms with E-state index < -0.39 is 0 Å². The zero-order valence-electron chi connectivity index (χ0n) is 11.2. The predicted octanol–water partition coefficient (Wildman–Crippen LogP) is 1.03. The van der Waals surface area contributed by atoms with Crippen LogP contribution in [-0.2, 0) is 4.79 Å². The third-order valence-electron chi connectivity index (χ3n) is 2.10. The minimum atomic E-state index is -0.299. The topological polar surface area (TPSA) is 71.1 Å². The Morgan fingerprint density at radius 3 is 2.44 bits per heavy atom. The minimum absolute atomic E-state index is 0.0377. The van der Waals surface area contributed by atoms with E-state index in [1.807, 2.05) is 27.7 Å². The Bertz CT molecular complexity index is 433. The molecule has 2 amide bonds. The summed E-state index contributed by atoms with van der Waals surface area (Å²) in [6, 6.07) is 3.43. The molecule has 98 valence electrons. The maximum atomic E-state index is 11.7. The lowest BCUT2D eigenvalue weighted by Gasteiger charge is -2.20. The van der Waals surface area contributed by atoms with Crippen LogP contribution in [0.3, 0.4) is 0 Å². The van der Waals surface area contributed by atoms with Gasteiger partial charge in [-0.2, -0.15) is 0 Å². The smallest absolute Gasteiger partial charge is 0.253 e. The molecular formula is C13H19N3O2. The summed E-state index contributed by atoms with van der Waals surface area (Å²) in [7, 11) is 0. The van der Waals surface area contributed by atoms with Crippen LogP contribution in [0.1, 0.15) is 36.8 Å². The van der Waals surface area contributed by atoms with E-state index in [-0.39, 0.29) is 23.9 Å². The molecule has 0 saturated carbocycles. The van der Waals surface area contributed by atoms with Gasteiger partial charge < -0.3 is 10.6 Å². The largest absolute Gasteiger partial charge is 0.350 e. The van der Waals surface area contributed by atoms with E-state index in [4.69, 9.17) is 0 Å². The fourth-order valence-electron chi connectivity index (χ4n) is 1.33. The number of carbonyl (C=O) groups excluding carboxylic acids is 2. The number of nitrogens with one attached hydrogen (secondary N) is 2. The highest BCUT2D eigenvalue weighted by Crippen LogP contribution is 1.99. The second kappa shape index (κ2) is 5.62. The third kappa shape index (κ3) is 4.95. The van der Waals surface area contributed by atoms with Gasteiger partial charge in [0.05, 0.1) is 12.1 Å². The molecule has 18 heavy (non-hydrogen) atoms. The molecular weight excluding hydrogens is 230 g/mol. The van der Waals surface area contributed by atoms with Gasteiger partial charge in [-0.25, -0.2) is 0 Å². The Labute approximate surface area is 107 Å². The highest BCUT2D eigenvalue weighted by Gasteiger charge is 2.14. The van der Waals surface area contributed by atoms with Crippen molar-refractivity contribution in [1.29, 1.82) is 0 Å². The number of pyridine rings is 1. The second-order valence-corrected chi connectivity index (χ2v) is 5.17. The Kier molecular flexibility index (Phi) is 4.42. The van der Waals surface area contributed by atoms with Gasteiger partial charge in [0.1, 0.15) is 0 Å². The zero-order chi connectivity index (χ0) is 13.8. The summed E-state index contributed by atoms with van der Waals surface area (Å²) in [6.07, 6.45) is 1.49. The number of aryl methyl sites for hydroxylation is 1. The lowest BCUT2D eigenvalue weighted by Crippen LogP contribution is -2.45. The van der Waals surface area contributed by atoms with Gasteiger partial charge >= 0.3 is 0 Å². The Balaban J connectivity index is 2.47. The van der Waals surface area contributed by atoms with Gasteiger partial charge in [-0.1, -0.05) is 0 Å². The van der Waals surface area contributed by atoms with Gasteiger partial charge in [0.15, 0.2) is 0 Å². The number of hydrogen-bond acceptors (Lipinski definition) is 3. The van der Waals surface area contributed by atoms with Crippen molar-refractivity contribution in [1.82, 2.24) is 15.6 Å². The van der Waals surface area contributed by atoms with E-state index in [0.29, 0.717) is 5.56 Å². The molecule has 1 rings (SSSR count). The maximum absolute atomic E-state index is 11.7. The Hall–Kier alpha value is -1.91. The van der Waals surface area contributed by atoms with Crippen molar-refractivity contribution in [2.24, 2.45) is 0 Å². The average Bonchev–Trinajstić information content (AvgIpc) is 2.24. The molecule has 5 heteroatoms. The number of carbonyl (C=O) groups is 2. The summed E-state index contributed by atoms with van der Waals surface area (Å²) in [4.78, 5) is 27.2. The van der Waals surface area contributed by atoms with Gasteiger partial charge in [0.2, 0.25) is 5.91 Å². The highest BCUT2D eigenvalue weighted by molar-refractivity contribution is 5.96. The van der Waals surface area contributed by atoms with Crippen LogP contribution >= 0.6 is 0 Å². The first kappa shape index (κ1) is 14.2. The molecule has 0 aliphatic rings. The van der Waals surface area contributed by atoms with Crippen molar-refractivity contribution in [2.45, 2.75) is 33.2 Å². The summed E-state index contributed by atoms with van der Waals surface area (Å²) < 4.78 is 0. The molecule has 0 atom stereocenters. The normalized spacial score (nSPS) is 10.9. The monoisotopic (exact) mass is 249 g/mol. The van der Waals surface area contributed by atoms with Gasteiger partial charge in [0, 0.05) is 17.4 Å². The Morgan fingerprint density at radius 2 is 1.94 bits per heavy atom. The van der Waals surface area contributed by atoms with Crippen LogP contribution in [0.4, 0.5) is 0 Å². The molecule has 0 aliphatic heterocycles. The first-order chi connectivity index (χ1) is 8.28. The van der Waals surface area contributed by atoms with Crippen molar-refractivity contribution < 1.29 is 9.59 Å². The number of nitrogens with zero attached hydrogens (tertiary/aromatic N) is 1. The van der Waals surface area contributed by atoms with Gasteiger partial charge in [-0.15, -0.1) is 0 Å². The van der Waals surface area contributed by atoms with Crippen LogP contribution in [0.15, 0.2) is 18.3 Å². The zero-order valence-corrected chi connectivity index (χ0v) is 11.2. The molecule has 0 aliphatic carbocycles. The first-order valence-corrected chi connectivity index (χ1v) is 5.80. The van der Waals surface area contributed by atoms with Crippen molar-refractivity contribution >= 4 is 11.8 Å². The molecule has 0 fully saturated rings. The summed E-state index contributed by atoms with van der Waals surface area (Å²) >= 11 is 0. The summed E-state index contributed by atoms with van der Waals surface area (Å²) in [6.45, 7) is 7.46. The van der Waals surface area contributed by atoms with E-state index in [0.717, 1.165) is 5.69 Å². The fraction of sp³-hybridized carbons (Fsp3) is 0.462. The van der Waals surface area contributed by atoms with Crippen LogP contribution < -0.4 is 10.6 Å². The molecule has 5 nitrogen and oxygen atoms in total. The third-order valence-corrected chi connectivity index (χ3v) is 2.10. The van der Waals surface area contributed by atoms with Crippen LogP contribution in [0.5, 0.6) is 0 Å². The second-order valence-electron chi connectivity index (χ2n) is 5.17. The Morgan fingerprint density at radius 1 is 1.28 bits per heavy atom. The van der Waals surface area contributed by atoms with E-state index in [1.165, 1.54) is 6.20 Å². The number of hydrogen-bond donors (Lipinski definition) is 2. The number of rotatable bonds is 3. The molecule has 0 bridgehead atoms. The van der Waals surface area contributed by atoms with Crippen molar-refractivity contribution in [3.8, 4) is 0 Å². The molecule has 0 spiro atoms. The van der Waals surface area contributed by atoms with E-state index in [2.05, 4.69) is 15.6 Å². The molecule has 0 unspecified atom stereocenters. The van der Waals surface area contributed by atoms with E-state index in [9.17, 15) is 9.59 Å². The van der Waals surface area contributed by atoms with Crippen molar-refractivity contribution in [2.75, 3.05) is 6.54 Å². The standard InChI is InChI=1S/C13H19N3O2/c1-9-5-6-10(7-14-9)12(18)15-8-11(17)16-13(2,3)4/h5-7H,8H2,1-4H3,(H,15,18)(H,16,17). The van der Waals surface area contributed by atoms with Crippen LogP contribution in [0.2, 0.25) is 0 Å². The quantitative estimate of drug-likeness (QED) is 0.840. The molecule has 2 N–H and O–H groups in total. The molecule has 1 aromatic heterocycles. The lowest BCUT2D eigenvalue weighted by molar-refractivity contribution is -0.121. The van der Waals surface area contributed by atoms with Gasteiger partial charge in [0.25, 0.3) is 5.91 Å². The van der Waals surface area contributed by atoms with Crippen LogP contribution in [0, 0.1) is 6.92 Å². The average molecular weight is 249 g/mol. The highest BCUT2D eigenvalue weighted by atomic mass is 16.2. The molecule has 0 saturated heterocycles. The van der Waals surface area contributed by atoms with Crippen LogP contribution in [0.25, 0.3) is 0 Å². The fourth-order valence-corrected chi connectivity index (χ4v) is 1.33. The number of aromatic nitrogens is 1. The molecule has 0 radical (unpaired) electrons. The SMILES string of the molecule is Cc1ccc(C(=O)NCC(=O)NC(C)(C)C)cn1. The van der Waals surface area contributed by atoms with Gasteiger partial charge in [-0.05, 0) is 39.8 Å². The molecule has 1 heterocycles. The minimum Gasteiger partial charge on any atom is -0.350 e. The van der Waals surface area contributed by atoms with Crippen molar-refractivity contribution in [3.63, 3.8) is 0 Å². The van der Waals surface area contributed by atoms with E-state index >= 15 is 0 Å². The summed E-state index contributed by atoms with van der Waals surface area (Å²) in [5.74, 6) is -0.512. The number of amides is 2. The summed E-state index contributed by atoms with van der Waals surface area (Å²) in [5, 5.41) is 5.32. The van der Waals surface area contributed by atoms with Gasteiger partial charge in [-0.3, -0.25) is 14.6 Å². The van der Waals surface area contributed by atoms with E-state index in [1.54, 1.807) is 12.1 Å².